The average Bonchev–Trinajstić information content (AvgIpc) is 2.38. The summed E-state index contributed by atoms with van der Waals surface area (Å²) in [6.07, 6.45) is 2.41. The third-order valence-corrected chi connectivity index (χ3v) is 3.64. The van der Waals surface area contributed by atoms with E-state index in [1.807, 2.05) is 12.1 Å². The van der Waals surface area contributed by atoms with Crippen molar-refractivity contribution in [2.24, 2.45) is 0 Å². The van der Waals surface area contributed by atoms with Gasteiger partial charge in [0, 0.05) is 19.3 Å². The van der Waals surface area contributed by atoms with E-state index in [0.29, 0.717) is 5.92 Å². The summed E-state index contributed by atoms with van der Waals surface area (Å²) < 4.78 is 5.11. The summed E-state index contributed by atoms with van der Waals surface area (Å²) in [4.78, 5) is 2.47. The van der Waals surface area contributed by atoms with Crippen molar-refractivity contribution >= 4 is 5.69 Å². The Morgan fingerprint density at radius 1 is 1.29 bits per heavy atom. The number of rotatable bonds is 4. The minimum atomic E-state index is 0.634. The molecule has 0 amide bonds. The van der Waals surface area contributed by atoms with Crippen LogP contribution in [0.15, 0.2) is 24.3 Å². The second-order valence-electron chi connectivity index (χ2n) is 4.74. The largest absolute Gasteiger partial charge is 0.398 e. The first kappa shape index (κ1) is 12.4. The maximum Gasteiger partial charge on any atom is 0.0589 e. The van der Waals surface area contributed by atoms with Gasteiger partial charge in [0.15, 0.2) is 0 Å². The molecule has 0 atom stereocenters. The summed E-state index contributed by atoms with van der Waals surface area (Å²) in [6, 6.07) is 8.27. The number of nitrogens with zero attached hydrogens (tertiary/aromatic N) is 1. The molecule has 2 N–H and O–H groups in total. The highest BCUT2D eigenvalue weighted by atomic mass is 16.5. The topological polar surface area (TPSA) is 38.5 Å². The molecule has 1 aromatic rings. The Morgan fingerprint density at radius 2 is 2.00 bits per heavy atom. The number of benzene rings is 1. The van der Waals surface area contributed by atoms with Crippen LogP contribution in [0.1, 0.15) is 24.3 Å². The van der Waals surface area contributed by atoms with E-state index < -0.39 is 0 Å². The van der Waals surface area contributed by atoms with E-state index in [9.17, 15) is 0 Å². The van der Waals surface area contributed by atoms with E-state index in [2.05, 4.69) is 17.0 Å². The number of hydrogen-bond acceptors (Lipinski definition) is 3. The van der Waals surface area contributed by atoms with E-state index in [0.717, 1.165) is 31.9 Å². The van der Waals surface area contributed by atoms with Crippen molar-refractivity contribution in [3.8, 4) is 0 Å². The number of hydrogen-bond donors (Lipinski definition) is 1. The molecule has 0 aliphatic carbocycles. The maximum atomic E-state index is 6.03. The lowest BCUT2D eigenvalue weighted by atomic mass is 9.88. The number of likely N-dealkylation sites (tertiary alicyclic amines) is 1. The molecule has 0 unspecified atom stereocenters. The van der Waals surface area contributed by atoms with Crippen molar-refractivity contribution in [3.05, 3.63) is 29.8 Å². The van der Waals surface area contributed by atoms with Crippen LogP contribution in [0.2, 0.25) is 0 Å². The lowest BCUT2D eigenvalue weighted by Crippen LogP contribution is -2.35. The van der Waals surface area contributed by atoms with Gasteiger partial charge >= 0.3 is 0 Å². The summed E-state index contributed by atoms with van der Waals surface area (Å²) in [5.41, 5.74) is 8.31. The number of anilines is 1. The van der Waals surface area contributed by atoms with Crippen molar-refractivity contribution in [1.82, 2.24) is 4.90 Å². The minimum absolute atomic E-state index is 0.634. The zero-order valence-electron chi connectivity index (χ0n) is 10.6. The molecular formula is C14H22N2O. The number of piperidine rings is 1. The standard InChI is InChI=1S/C14H22N2O/c1-17-11-10-16-8-6-12(7-9-16)13-4-2-3-5-14(13)15/h2-5,12H,6-11,15H2,1H3. The third-order valence-electron chi connectivity index (χ3n) is 3.64. The summed E-state index contributed by atoms with van der Waals surface area (Å²) in [5.74, 6) is 0.634. The minimum Gasteiger partial charge on any atom is -0.398 e. The highest BCUT2D eigenvalue weighted by molar-refractivity contribution is 5.48. The van der Waals surface area contributed by atoms with Crippen molar-refractivity contribution in [3.63, 3.8) is 0 Å². The first-order valence-electron chi connectivity index (χ1n) is 6.37. The van der Waals surface area contributed by atoms with Gasteiger partial charge in [-0.2, -0.15) is 0 Å². The second-order valence-corrected chi connectivity index (χ2v) is 4.74. The fraction of sp³-hybridized carbons (Fsp3) is 0.571. The molecule has 3 nitrogen and oxygen atoms in total. The molecule has 0 radical (unpaired) electrons. The summed E-state index contributed by atoms with van der Waals surface area (Å²) >= 11 is 0. The highest BCUT2D eigenvalue weighted by Gasteiger charge is 2.21. The number of methoxy groups -OCH3 is 1. The summed E-state index contributed by atoms with van der Waals surface area (Å²) in [5, 5.41) is 0. The Morgan fingerprint density at radius 3 is 2.65 bits per heavy atom. The van der Waals surface area contributed by atoms with Crippen LogP contribution < -0.4 is 5.73 Å². The van der Waals surface area contributed by atoms with Gasteiger partial charge in [-0.15, -0.1) is 0 Å². The van der Waals surface area contributed by atoms with Gasteiger partial charge in [0.2, 0.25) is 0 Å². The summed E-state index contributed by atoms with van der Waals surface area (Å²) in [7, 11) is 1.76. The monoisotopic (exact) mass is 234 g/mol. The van der Waals surface area contributed by atoms with E-state index >= 15 is 0 Å². The molecule has 17 heavy (non-hydrogen) atoms. The van der Waals surface area contributed by atoms with Crippen LogP contribution in [0.25, 0.3) is 0 Å². The SMILES string of the molecule is COCCN1CCC(c2ccccc2N)CC1. The molecule has 0 saturated carbocycles. The number of nitrogens with two attached hydrogens (primary N) is 1. The van der Waals surface area contributed by atoms with Crippen molar-refractivity contribution in [2.45, 2.75) is 18.8 Å². The average molecular weight is 234 g/mol. The predicted molar refractivity (Wildman–Crippen MR) is 71.1 cm³/mol. The summed E-state index contributed by atoms with van der Waals surface area (Å²) in [6.45, 7) is 4.19. The van der Waals surface area contributed by atoms with Crippen molar-refractivity contribution < 1.29 is 4.74 Å². The lowest BCUT2D eigenvalue weighted by Gasteiger charge is -2.32. The van der Waals surface area contributed by atoms with E-state index in [-0.39, 0.29) is 0 Å². The molecular weight excluding hydrogens is 212 g/mol. The van der Waals surface area contributed by atoms with Crippen molar-refractivity contribution in [2.75, 3.05) is 39.1 Å². The zero-order valence-corrected chi connectivity index (χ0v) is 10.6. The van der Waals surface area contributed by atoms with E-state index in [4.69, 9.17) is 10.5 Å². The molecule has 0 bridgehead atoms. The second kappa shape index (κ2) is 6.03. The van der Waals surface area contributed by atoms with Crippen LogP contribution in [0.5, 0.6) is 0 Å². The van der Waals surface area contributed by atoms with Crippen LogP contribution in [0, 0.1) is 0 Å². The molecule has 1 fully saturated rings. The van der Waals surface area contributed by atoms with Crippen LogP contribution in [-0.4, -0.2) is 38.3 Å². The smallest absolute Gasteiger partial charge is 0.0589 e. The molecule has 0 aromatic heterocycles. The van der Waals surface area contributed by atoms with Gasteiger partial charge in [0.05, 0.1) is 6.61 Å². The Kier molecular flexibility index (Phi) is 4.40. The molecule has 2 rings (SSSR count). The number of para-hydroxylation sites is 1. The Bertz CT molecular complexity index is 346. The molecule has 1 aliphatic heterocycles. The Labute approximate surface area is 104 Å². The van der Waals surface area contributed by atoms with Gasteiger partial charge in [-0.05, 0) is 43.5 Å². The first-order valence-corrected chi connectivity index (χ1v) is 6.37. The molecule has 1 heterocycles. The van der Waals surface area contributed by atoms with Gasteiger partial charge in [0.25, 0.3) is 0 Å². The molecule has 3 heteroatoms. The first-order chi connectivity index (χ1) is 8.31. The quantitative estimate of drug-likeness (QED) is 0.811. The van der Waals surface area contributed by atoms with Crippen LogP contribution in [0.3, 0.4) is 0 Å². The van der Waals surface area contributed by atoms with Gasteiger partial charge in [0.1, 0.15) is 0 Å². The van der Waals surface area contributed by atoms with Crippen LogP contribution in [0.4, 0.5) is 5.69 Å². The molecule has 94 valence electrons. The Balaban J connectivity index is 1.89. The molecule has 1 saturated heterocycles. The van der Waals surface area contributed by atoms with Gasteiger partial charge in [-0.3, -0.25) is 0 Å². The third kappa shape index (κ3) is 3.20. The van der Waals surface area contributed by atoms with Gasteiger partial charge < -0.3 is 15.4 Å². The molecule has 0 spiro atoms. The fourth-order valence-corrected chi connectivity index (χ4v) is 2.57. The van der Waals surface area contributed by atoms with Crippen LogP contribution in [-0.2, 0) is 4.74 Å². The van der Waals surface area contributed by atoms with E-state index in [1.54, 1.807) is 7.11 Å². The molecule has 1 aliphatic rings. The van der Waals surface area contributed by atoms with Crippen molar-refractivity contribution in [1.29, 1.82) is 0 Å². The van der Waals surface area contributed by atoms with Gasteiger partial charge in [-0.25, -0.2) is 0 Å². The van der Waals surface area contributed by atoms with Gasteiger partial charge in [-0.1, -0.05) is 18.2 Å². The number of ether oxygens (including phenoxy) is 1. The highest BCUT2D eigenvalue weighted by Crippen LogP contribution is 2.31. The van der Waals surface area contributed by atoms with E-state index in [1.165, 1.54) is 18.4 Å². The Hall–Kier alpha value is -1.06. The number of nitrogen functional groups attached to an aromatic ring is 1. The normalized spacial score (nSPS) is 18.4. The fourth-order valence-electron chi connectivity index (χ4n) is 2.57. The lowest BCUT2D eigenvalue weighted by molar-refractivity contribution is 0.130. The molecule has 1 aromatic carbocycles. The predicted octanol–water partition coefficient (Wildman–Crippen LogP) is 2.09. The van der Waals surface area contributed by atoms with Crippen LogP contribution >= 0.6 is 0 Å². The zero-order chi connectivity index (χ0) is 12.1. The maximum absolute atomic E-state index is 6.03.